The van der Waals surface area contributed by atoms with Gasteiger partial charge >= 0.3 is 0 Å². The molecule has 1 N–H and O–H groups in total. The van der Waals surface area contributed by atoms with Crippen molar-refractivity contribution in [2.24, 2.45) is 0 Å². The van der Waals surface area contributed by atoms with Gasteiger partial charge in [0.2, 0.25) is 0 Å². The molecule has 0 bridgehead atoms. The van der Waals surface area contributed by atoms with Gasteiger partial charge < -0.3 is 10.1 Å². The van der Waals surface area contributed by atoms with Gasteiger partial charge in [-0.05, 0) is 69.6 Å². The zero-order valence-corrected chi connectivity index (χ0v) is 11.8. The molecule has 3 rings (SSSR count). The first-order valence-electron chi connectivity index (χ1n) is 7.45. The molecule has 0 saturated carbocycles. The van der Waals surface area contributed by atoms with Gasteiger partial charge in [0.1, 0.15) is 5.75 Å². The highest BCUT2D eigenvalue weighted by atomic mass is 16.5. The van der Waals surface area contributed by atoms with Crippen molar-refractivity contribution in [3.05, 3.63) is 29.8 Å². The van der Waals surface area contributed by atoms with Gasteiger partial charge in [0, 0.05) is 5.54 Å². The van der Waals surface area contributed by atoms with E-state index < -0.39 is 0 Å². The number of hydrogen-bond donors (Lipinski definition) is 1. The lowest BCUT2D eigenvalue weighted by atomic mass is 9.80. The highest BCUT2D eigenvalue weighted by Gasteiger charge is 2.40. The lowest BCUT2D eigenvalue weighted by molar-refractivity contribution is 0.0775. The Morgan fingerprint density at radius 3 is 2.58 bits per heavy atom. The number of ether oxygens (including phenoxy) is 1. The lowest BCUT2D eigenvalue weighted by Gasteiger charge is -2.45. The predicted molar refractivity (Wildman–Crippen MR) is 77.6 cm³/mol. The maximum atomic E-state index is 5.42. The van der Waals surface area contributed by atoms with Crippen molar-refractivity contribution in [2.45, 2.75) is 31.2 Å². The molecule has 0 amide bonds. The normalized spacial score (nSPS) is 23.4. The van der Waals surface area contributed by atoms with Crippen LogP contribution in [0.1, 0.15) is 31.2 Å². The average molecular weight is 260 g/mol. The Labute approximate surface area is 115 Å². The van der Waals surface area contributed by atoms with E-state index in [0.29, 0.717) is 0 Å². The smallest absolute Gasteiger partial charge is 0.119 e. The molecule has 3 nitrogen and oxygen atoms in total. The average Bonchev–Trinajstić information content (AvgIpc) is 3.03. The van der Waals surface area contributed by atoms with E-state index in [0.717, 1.165) is 18.8 Å². The van der Waals surface area contributed by atoms with E-state index in [1.54, 1.807) is 7.11 Å². The van der Waals surface area contributed by atoms with E-state index in [-0.39, 0.29) is 5.54 Å². The summed E-state index contributed by atoms with van der Waals surface area (Å²) < 4.78 is 5.42. The molecule has 1 aromatic rings. The molecule has 0 atom stereocenters. The molecule has 2 heterocycles. The largest absolute Gasteiger partial charge is 0.497 e. The Hall–Kier alpha value is -1.06. The molecule has 3 heteroatoms. The first-order chi connectivity index (χ1) is 9.35. The van der Waals surface area contributed by atoms with Gasteiger partial charge in [0.05, 0.1) is 7.11 Å². The molecule has 0 radical (unpaired) electrons. The Bertz CT molecular complexity index is 421. The number of likely N-dealkylation sites (tertiary alicyclic amines) is 1. The van der Waals surface area contributed by atoms with Crippen molar-refractivity contribution < 1.29 is 4.74 Å². The predicted octanol–water partition coefficient (Wildman–Crippen LogP) is 2.37. The Kier molecular flexibility index (Phi) is 3.76. The number of nitrogens with zero attached hydrogens (tertiary/aromatic N) is 1. The summed E-state index contributed by atoms with van der Waals surface area (Å²) in [5.41, 5.74) is 1.67. The van der Waals surface area contributed by atoms with Crippen molar-refractivity contribution in [3.8, 4) is 5.75 Å². The minimum Gasteiger partial charge on any atom is -0.497 e. The molecule has 2 aliphatic heterocycles. The minimum absolute atomic E-state index is 0.232. The van der Waals surface area contributed by atoms with E-state index in [1.807, 2.05) is 6.07 Å². The van der Waals surface area contributed by atoms with Crippen LogP contribution in [-0.2, 0) is 5.54 Å². The van der Waals surface area contributed by atoms with Crippen LogP contribution in [0.2, 0.25) is 0 Å². The fraction of sp³-hybridized carbons (Fsp3) is 0.625. The summed E-state index contributed by atoms with van der Waals surface area (Å²) >= 11 is 0. The molecule has 0 aromatic heterocycles. The summed E-state index contributed by atoms with van der Waals surface area (Å²) in [6, 6.07) is 8.70. The van der Waals surface area contributed by atoms with Gasteiger partial charge in [-0.3, -0.25) is 4.90 Å². The Morgan fingerprint density at radius 1 is 1.16 bits per heavy atom. The van der Waals surface area contributed by atoms with Gasteiger partial charge in [-0.1, -0.05) is 12.1 Å². The number of nitrogens with one attached hydrogen (secondary N) is 1. The minimum atomic E-state index is 0.232. The molecule has 0 spiro atoms. The van der Waals surface area contributed by atoms with Gasteiger partial charge in [-0.2, -0.15) is 0 Å². The summed E-state index contributed by atoms with van der Waals surface area (Å²) in [7, 11) is 1.75. The summed E-state index contributed by atoms with van der Waals surface area (Å²) in [5, 5.41) is 3.50. The maximum absolute atomic E-state index is 5.42. The zero-order valence-electron chi connectivity index (χ0n) is 11.8. The molecule has 2 fully saturated rings. The standard InChI is InChI=1S/C16H24N2O/c1-19-15-6-4-5-14(13-15)16(7-9-17-10-8-16)18-11-2-3-12-18/h4-6,13,17H,2-3,7-12H2,1H3. The Morgan fingerprint density at radius 2 is 1.89 bits per heavy atom. The fourth-order valence-corrected chi connectivity index (χ4v) is 3.69. The van der Waals surface area contributed by atoms with Crippen LogP contribution in [0.15, 0.2) is 24.3 Å². The van der Waals surface area contributed by atoms with Crippen LogP contribution in [-0.4, -0.2) is 38.2 Å². The van der Waals surface area contributed by atoms with Crippen molar-refractivity contribution in [2.75, 3.05) is 33.3 Å². The van der Waals surface area contributed by atoms with Crippen LogP contribution in [0.5, 0.6) is 5.75 Å². The van der Waals surface area contributed by atoms with Gasteiger partial charge in [0.15, 0.2) is 0 Å². The number of benzene rings is 1. The molecule has 0 unspecified atom stereocenters. The van der Waals surface area contributed by atoms with E-state index >= 15 is 0 Å². The lowest BCUT2D eigenvalue weighted by Crippen LogP contribution is -2.51. The van der Waals surface area contributed by atoms with Gasteiger partial charge in [0.25, 0.3) is 0 Å². The van der Waals surface area contributed by atoms with Crippen LogP contribution >= 0.6 is 0 Å². The fourth-order valence-electron chi connectivity index (χ4n) is 3.69. The number of piperidine rings is 1. The van der Waals surface area contributed by atoms with Crippen LogP contribution < -0.4 is 10.1 Å². The number of hydrogen-bond acceptors (Lipinski definition) is 3. The highest BCUT2D eigenvalue weighted by molar-refractivity contribution is 5.34. The molecule has 104 valence electrons. The van der Waals surface area contributed by atoms with E-state index in [4.69, 9.17) is 4.74 Å². The van der Waals surface area contributed by atoms with E-state index in [2.05, 4.69) is 28.4 Å². The maximum Gasteiger partial charge on any atom is 0.119 e. The topological polar surface area (TPSA) is 24.5 Å². The molecule has 0 aliphatic carbocycles. The van der Waals surface area contributed by atoms with Gasteiger partial charge in [-0.25, -0.2) is 0 Å². The summed E-state index contributed by atoms with van der Waals surface area (Å²) in [6.07, 6.45) is 5.11. The first-order valence-corrected chi connectivity index (χ1v) is 7.45. The first kappa shape index (κ1) is 12.9. The van der Waals surface area contributed by atoms with Crippen LogP contribution in [0.3, 0.4) is 0 Å². The third-order valence-corrected chi connectivity index (χ3v) is 4.75. The highest BCUT2D eigenvalue weighted by Crippen LogP contribution is 2.40. The molecule has 2 aliphatic rings. The van der Waals surface area contributed by atoms with Crippen LogP contribution in [0.25, 0.3) is 0 Å². The summed E-state index contributed by atoms with van der Waals surface area (Å²) in [4.78, 5) is 2.71. The second-order valence-electron chi connectivity index (χ2n) is 5.71. The second kappa shape index (κ2) is 5.51. The molecule has 2 saturated heterocycles. The zero-order chi connectivity index (χ0) is 13.1. The van der Waals surface area contributed by atoms with E-state index in [9.17, 15) is 0 Å². The quantitative estimate of drug-likeness (QED) is 0.903. The number of methoxy groups -OCH3 is 1. The van der Waals surface area contributed by atoms with Crippen molar-refractivity contribution in [1.29, 1.82) is 0 Å². The van der Waals surface area contributed by atoms with Crippen molar-refractivity contribution in [1.82, 2.24) is 10.2 Å². The van der Waals surface area contributed by atoms with Crippen LogP contribution in [0.4, 0.5) is 0 Å². The van der Waals surface area contributed by atoms with Crippen LogP contribution in [0, 0.1) is 0 Å². The molecular weight excluding hydrogens is 236 g/mol. The molecule has 19 heavy (non-hydrogen) atoms. The van der Waals surface area contributed by atoms with E-state index in [1.165, 1.54) is 44.3 Å². The third-order valence-electron chi connectivity index (χ3n) is 4.75. The molecular formula is C16H24N2O. The Balaban J connectivity index is 1.97. The summed E-state index contributed by atoms with van der Waals surface area (Å²) in [5.74, 6) is 0.981. The van der Waals surface area contributed by atoms with Gasteiger partial charge in [-0.15, -0.1) is 0 Å². The van der Waals surface area contributed by atoms with Crippen molar-refractivity contribution >= 4 is 0 Å². The SMILES string of the molecule is COc1cccc(C2(N3CCCC3)CCNCC2)c1. The number of rotatable bonds is 3. The molecule has 1 aromatic carbocycles. The monoisotopic (exact) mass is 260 g/mol. The van der Waals surface area contributed by atoms with Crippen molar-refractivity contribution in [3.63, 3.8) is 0 Å². The summed E-state index contributed by atoms with van der Waals surface area (Å²) in [6.45, 7) is 4.73. The third kappa shape index (κ3) is 2.37. The second-order valence-corrected chi connectivity index (χ2v) is 5.71.